The zero-order chi connectivity index (χ0) is 17.8. The Morgan fingerprint density at radius 1 is 1.36 bits per heavy atom. The van der Waals surface area contributed by atoms with Gasteiger partial charge in [0.15, 0.2) is 5.11 Å². The van der Waals surface area contributed by atoms with E-state index in [0.717, 1.165) is 5.56 Å². The van der Waals surface area contributed by atoms with Crippen LogP contribution in [0, 0.1) is 0 Å². The van der Waals surface area contributed by atoms with E-state index in [9.17, 15) is 4.79 Å². The predicted molar refractivity (Wildman–Crippen MR) is 96.5 cm³/mol. The molecule has 7 nitrogen and oxygen atoms in total. The van der Waals surface area contributed by atoms with Gasteiger partial charge in [-0.15, -0.1) is 5.10 Å². The van der Waals surface area contributed by atoms with Gasteiger partial charge in [0.1, 0.15) is 11.7 Å². The van der Waals surface area contributed by atoms with Gasteiger partial charge in [0.2, 0.25) is 0 Å². The van der Waals surface area contributed by atoms with Crippen molar-refractivity contribution in [2.45, 2.75) is 26.4 Å². The van der Waals surface area contributed by atoms with Crippen molar-refractivity contribution in [2.24, 2.45) is 0 Å². The van der Waals surface area contributed by atoms with Gasteiger partial charge in [0.05, 0.1) is 24.9 Å². The van der Waals surface area contributed by atoms with Crippen LogP contribution in [0.3, 0.4) is 0 Å². The highest BCUT2D eigenvalue weighted by molar-refractivity contribution is 7.80. The van der Waals surface area contributed by atoms with E-state index in [0.29, 0.717) is 35.2 Å². The molecule has 8 heteroatoms. The van der Waals surface area contributed by atoms with Crippen molar-refractivity contribution in [2.75, 3.05) is 6.61 Å². The average Bonchev–Trinajstić information content (AvgIpc) is 3.03. The molecule has 3 rings (SSSR count). The first-order chi connectivity index (χ1) is 12.1. The summed E-state index contributed by atoms with van der Waals surface area (Å²) in [4.78, 5) is 12.3. The molecule has 1 aromatic heterocycles. The third-order valence-corrected chi connectivity index (χ3v) is 4.02. The number of nitrogens with zero attached hydrogens (tertiary/aromatic N) is 3. The largest absolute Gasteiger partial charge is 0.463 e. The van der Waals surface area contributed by atoms with Gasteiger partial charge < -0.3 is 15.4 Å². The lowest BCUT2D eigenvalue weighted by molar-refractivity contribution is -0.139. The van der Waals surface area contributed by atoms with Crippen LogP contribution in [0.2, 0.25) is 0 Å². The summed E-state index contributed by atoms with van der Waals surface area (Å²) < 4.78 is 6.90. The fraction of sp³-hybridized carbons (Fsp3) is 0.294. The number of aromatic nitrogens is 3. The van der Waals surface area contributed by atoms with Crippen LogP contribution in [0.25, 0.3) is 0 Å². The Morgan fingerprint density at radius 2 is 2.12 bits per heavy atom. The van der Waals surface area contributed by atoms with Crippen LogP contribution in [0.15, 0.2) is 47.8 Å². The molecule has 0 amide bonds. The first-order valence-electron chi connectivity index (χ1n) is 7.98. The number of esters is 1. The minimum atomic E-state index is -0.489. The Kier molecular flexibility index (Phi) is 5.08. The SMILES string of the molecule is CCOC(=O)C1=C(C)NC(=S)NC1c1cn(Cc2ccccc2)nn1. The van der Waals surface area contributed by atoms with E-state index < -0.39 is 12.0 Å². The number of hydrogen-bond donors (Lipinski definition) is 2. The molecular formula is C17H19N5O2S. The van der Waals surface area contributed by atoms with E-state index in [4.69, 9.17) is 17.0 Å². The molecule has 1 atom stereocenters. The topological polar surface area (TPSA) is 81.1 Å². The van der Waals surface area contributed by atoms with Gasteiger partial charge >= 0.3 is 5.97 Å². The van der Waals surface area contributed by atoms with Crippen molar-refractivity contribution in [3.05, 3.63) is 59.1 Å². The molecule has 0 spiro atoms. The third kappa shape index (κ3) is 3.85. The molecule has 0 saturated heterocycles. The van der Waals surface area contributed by atoms with Crippen LogP contribution in [0.5, 0.6) is 0 Å². The average molecular weight is 357 g/mol. The molecule has 0 radical (unpaired) electrons. The molecule has 0 bridgehead atoms. The van der Waals surface area contributed by atoms with Crippen molar-refractivity contribution in [1.82, 2.24) is 25.6 Å². The molecule has 2 N–H and O–H groups in total. The summed E-state index contributed by atoms with van der Waals surface area (Å²) in [5.74, 6) is -0.398. The number of carbonyl (C=O) groups is 1. The third-order valence-electron chi connectivity index (χ3n) is 3.80. The number of thiocarbonyl (C=S) groups is 1. The summed E-state index contributed by atoms with van der Waals surface area (Å²) >= 11 is 5.21. The van der Waals surface area contributed by atoms with E-state index >= 15 is 0 Å². The zero-order valence-electron chi connectivity index (χ0n) is 14.0. The maximum Gasteiger partial charge on any atom is 0.338 e. The number of ether oxygens (including phenoxy) is 1. The minimum absolute atomic E-state index is 0.299. The smallest absolute Gasteiger partial charge is 0.338 e. The predicted octanol–water partition coefficient (Wildman–Crippen LogP) is 1.68. The Balaban J connectivity index is 1.87. The second kappa shape index (κ2) is 7.43. The molecular weight excluding hydrogens is 338 g/mol. The molecule has 25 heavy (non-hydrogen) atoms. The summed E-state index contributed by atoms with van der Waals surface area (Å²) in [6.07, 6.45) is 1.81. The number of allylic oxidation sites excluding steroid dienone is 1. The van der Waals surface area contributed by atoms with Crippen molar-refractivity contribution < 1.29 is 9.53 Å². The summed E-state index contributed by atoms with van der Waals surface area (Å²) in [5, 5.41) is 14.9. The van der Waals surface area contributed by atoms with Gasteiger partial charge in [-0.05, 0) is 31.6 Å². The molecule has 130 valence electrons. The van der Waals surface area contributed by atoms with Crippen LogP contribution >= 0.6 is 12.2 Å². The minimum Gasteiger partial charge on any atom is -0.463 e. The zero-order valence-corrected chi connectivity index (χ0v) is 14.8. The van der Waals surface area contributed by atoms with Crippen LogP contribution in [0.1, 0.15) is 31.1 Å². The lowest BCUT2D eigenvalue weighted by Crippen LogP contribution is -2.45. The summed E-state index contributed by atoms with van der Waals surface area (Å²) in [6, 6.07) is 9.48. The monoisotopic (exact) mass is 357 g/mol. The normalized spacial score (nSPS) is 17.0. The molecule has 0 saturated carbocycles. The van der Waals surface area contributed by atoms with Crippen molar-refractivity contribution in [1.29, 1.82) is 0 Å². The first kappa shape index (κ1) is 17.1. The summed E-state index contributed by atoms with van der Waals surface area (Å²) in [7, 11) is 0. The van der Waals surface area contributed by atoms with Crippen LogP contribution in [-0.4, -0.2) is 32.7 Å². The molecule has 1 aliphatic rings. The number of benzene rings is 1. The van der Waals surface area contributed by atoms with Crippen LogP contribution in [-0.2, 0) is 16.1 Å². The van der Waals surface area contributed by atoms with E-state index in [1.165, 1.54) is 0 Å². The fourth-order valence-corrected chi connectivity index (χ4v) is 2.96. The molecule has 1 unspecified atom stereocenters. The molecule has 1 aliphatic heterocycles. The highest BCUT2D eigenvalue weighted by Gasteiger charge is 2.32. The fourth-order valence-electron chi connectivity index (χ4n) is 2.69. The van der Waals surface area contributed by atoms with Crippen molar-refractivity contribution in [3.8, 4) is 0 Å². The van der Waals surface area contributed by atoms with Crippen molar-refractivity contribution >= 4 is 23.3 Å². The number of rotatable bonds is 5. The number of hydrogen-bond acceptors (Lipinski definition) is 5. The Hall–Kier alpha value is -2.74. The second-order valence-electron chi connectivity index (χ2n) is 5.62. The Morgan fingerprint density at radius 3 is 2.84 bits per heavy atom. The number of nitrogens with one attached hydrogen (secondary N) is 2. The van der Waals surface area contributed by atoms with Gasteiger partial charge in [-0.2, -0.15) is 0 Å². The van der Waals surface area contributed by atoms with Crippen LogP contribution < -0.4 is 10.6 Å². The van der Waals surface area contributed by atoms with Gasteiger partial charge in [0, 0.05) is 5.70 Å². The molecule has 2 aromatic rings. The van der Waals surface area contributed by atoms with Gasteiger partial charge in [0.25, 0.3) is 0 Å². The van der Waals surface area contributed by atoms with E-state index in [-0.39, 0.29) is 0 Å². The maximum atomic E-state index is 12.3. The maximum absolute atomic E-state index is 12.3. The molecule has 2 heterocycles. The highest BCUT2D eigenvalue weighted by atomic mass is 32.1. The Labute approximate surface area is 151 Å². The van der Waals surface area contributed by atoms with Gasteiger partial charge in [-0.25, -0.2) is 9.48 Å². The highest BCUT2D eigenvalue weighted by Crippen LogP contribution is 2.26. The van der Waals surface area contributed by atoms with E-state index in [1.807, 2.05) is 36.5 Å². The van der Waals surface area contributed by atoms with E-state index in [1.54, 1.807) is 18.5 Å². The molecule has 0 fully saturated rings. The van der Waals surface area contributed by atoms with Gasteiger partial charge in [-0.1, -0.05) is 35.5 Å². The van der Waals surface area contributed by atoms with E-state index in [2.05, 4.69) is 20.9 Å². The quantitative estimate of drug-likeness (QED) is 0.622. The number of carbonyl (C=O) groups excluding carboxylic acids is 1. The summed E-state index contributed by atoms with van der Waals surface area (Å²) in [6.45, 7) is 4.46. The lowest BCUT2D eigenvalue weighted by atomic mass is 10.0. The van der Waals surface area contributed by atoms with Crippen LogP contribution in [0.4, 0.5) is 0 Å². The first-order valence-corrected chi connectivity index (χ1v) is 8.38. The Bertz CT molecular complexity index is 815. The van der Waals surface area contributed by atoms with Crippen molar-refractivity contribution in [3.63, 3.8) is 0 Å². The van der Waals surface area contributed by atoms with Gasteiger partial charge in [-0.3, -0.25) is 0 Å². The molecule has 1 aromatic carbocycles. The standard InChI is InChI=1S/C17H19N5O2S/c1-3-24-16(23)14-11(2)18-17(25)19-15(14)13-10-22(21-20-13)9-12-7-5-4-6-8-12/h4-8,10,15H,3,9H2,1-2H3,(H2,18,19,25). The second-order valence-corrected chi connectivity index (χ2v) is 6.03. The molecule has 0 aliphatic carbocycles. The summed E-state index contributed by atoms with van der Waals surface area (Å²) in [5.41, 5.74) is 2.85. The lowest BCUT2D eigenvalue weighted by Gasteiger charge is -2.28.